The highest BCUT2D eigenvalue weighted by Gasteiger charge is 2.24. The molecule has 20 heavy (non-hydrogen) atoms. The molecule has 1 N–H and O–H groups in total. The maximum atomic E-state index is 13.4. The van der Waals surface area contributed by atoms with Gasteiger partial charge in [-0.1, -0.05) is 0 Å². The standard InChI is InChI=1S/C13H9F2NO4/c1-7-2-9(17)6-10(3-7)20-12-5-8(14)4-11(15)13(12)16(18)19/h2-6,17H,1H3. The molecular formula is C13H9F2NO4. The number of aryl methyl sites for hydroxylation is 1. The number of halogens is 2. The molecule has 0 fully saturated rings. The smallest absolute Gasteiger partial charge is 0.347 e. The summed E-state index contributed by atoms with van der Waals surface area (Å²) in [4.78, 5) is 9.79. The number of nitro groups is 1. The average molecular weight is 281 g/mol. The number of benzene rings is 2. The highest BCUT2D eigenvalue weighted by molar-refractivity contribution is 5.50. The van der Waals surface area contributed by atoms with Crippen LogP contribution >= 0.6 is 0 Å². The summed E-state index contributed by atoms with van der Waals surface area (Å²) in [6.07, 6.45) is 0. The van der Waals surface area contributed by atoms with Gasteiger partial charge in [-0.2, -0.15) is 4.39 Å². The molecule has 0 saturated carbocycles. The highest BCUT2D eigenvalue weighted by Crippen LogP contribution is 2.35. The van der Waals surface area contributed by atoms with E-state index in [2.05, 4.69) is 0 Å². The lowest BCUT2D eigenvalue weighted by atomic mass is 10.2. The van der Waals surface area contributed by atoms with Crippen LogP contribution in [0.4, 0.5) is 14.5 Å². The number of hydrogen-bond donors (Lipinski definition) is 1. The van der Waals surface area contributed by atoms with Crippen molar-refractivity contribution in [2.24, 2.45) is 0 Å². The summed E-state index contributed by atoms with van der Waals surface area (Å²) in [5.74, 6) is -2.99. The molecule has 0 spiro atoms. The molecule has 2 rings (SSSR count). The molecule has 0 amide bonds. The monoisotopic (exact) mass is 281 g/mol. The zero-order valence-electron chi connectivity index (χ0n) is 10.3. The molecule has 0 aliphatic rings. The maximum Gasteiger partial charge on any atom is 0.347 e. The van der Waals surface area contributed by atoms with Gasteiger partial charge in [0, 0.05) is 18.2 Å². The minimum Gasteiger partial charge on any atom is -0.508 e. The summed E-state index contributed by atoms with van der Waals surface area (Å²) in [7, 11) is 0. The molecule has 5 nitrogen and oxygen atoms in total. The minimum absolute atomic E-state index is 0.0376. The van der Waals surface area contributed by atoms with Crippen LogP contribution in [0.1, 0.15) is 5.56 Å². The van der Waals surface area contributed by atoms with Crippen molar-refractivity contribution in [3.63, 3.8) is 0 Å². The van der Waals surface area contributed by atoms with Crippen molar-refractivity contribution in [3.05, 3.63) is 57.6 Å². The fourth-order valence-electron chi connectivity index (χ4n) is 1.71. The molecule has 2 aromatic carbocycles. The van der Waals surface area contributed by atoms with Gasteiger partial charge in [0.2, 0.25) is 11.6 Å². The van der Waals surface area contributed by atoms with Gasteiger partial charge in [0.15, 0.2) is 0 Å². The largest absolute Gasteiger partial charge is 0.508 e. The Hall–Kier alpha value is -2.70. The second-order valence-electron chi connectivity index (χ2n) is 4.10. The van der Waals surface area contributed by atoms with Gasteiger partial charge in [0.1, 0.15) is 17.3 Å². The van der Waals surface area contributed by atoms with Gasteiger partial charge < -0.3 is 9.84 Å². The van der Waals surface area contributed by atoms with E-state index in [1.165, 1.54) is 18.2 Å². The Labute approximate surface area is 112 Å². The lowest BCUT2D eigenvalue weighted by Crippen LogP contribution is -1.98. The highest BCUT2D eigenvalue weighted by atomic mass is 19.1. The second-order valence-corrected chi connectivity index (χ2v) is 4.10. The molecule has 0 radical (unpaired) electrons. The maximum absolute atomic E-state index is 13.4. The van der Waals surface area contributed by atoms with Crippen LogP contribution in [0.2, 0.25) is 0 Å². The first-order valence-corrected chi connectivity index (χ1v) is 5.49. The normalized spacial score (nSPS) is 10.3. The molecule has 0 aliphatic carbocycles. The van der Waals surface area contributed by atoms with Crippen molar-refractivity contribution in [3.8, 4) is 17.2 Å². The Morgan fingerprint density at radius 2 is 1.90 bits per heavy atom. The van der Waals surface area contributed by atoms with Crippen LogP contribution in [-0.4, -0.2) is 10.0 Å². The summed E-state index contributed by atoms with van der Waals surface area (Å²) in [5.41, 5.74) is -0.341. The van der Waals surface area contributed by atoms with E-state index in [0.717, 1.165) is 0 Å². The average Bonchev–Trinajstić information content (AvgIpc) is 2.25. The van der Waals surface area contributed by atoms with Gasteiger partial charge in [-0.25, -0.2) is 4.39 Å². The zero-order valence-corrected chi connectivity index (χ0v) is 10.3. The van der Waals surface area contributed by atoms with Gasteiger partial charge in [0.05, 0.1) is 4.92 Å². The molecule has 104 valence electrons. The Bertz CT molecular complexity index is 668. The van der Waals surface area contributed by atoms with Crippen LogP contribution in [-0.2, 0) is 0 Å². The third-order valence-electron chi connectivity index (χ3n) is 2.44. The Balaban J connectivity index is 2.49. The number of rotatable bonds is 3. The van der Waals surface area contributed by atoms with Crippen molar-refractivity contribution in [1.82, 2.24) is 0 Å². The number of ether oxygens (including phenoxy) is 1. The molecule has 0 bridgehead atoms. The lowest BCUT2D eigenvalue weighted by Gasteiger charge is -2.08. The van der Waals surface area contributed by atoms with Gasteiger partial charge in [-0.05, 0) is 24.6 Å². The number of phenols is 1. The fourth-order valence-corrected chi connectivity index (χ4v) is 1.71. The molecular weight excluding hydrogens is 272 g/mol. The van der Waals surface area contributed by atoms with E-state index in [4.69, 9.17) is 4.74 Å². The van der Waals surface area contributed by atoms with E-state index in [1.54, 1.807) is 6.92 Å². The number of nitro benzene ring substituents is 1. The van der Waals surface area contributed by atoms with Crippen molar-refractivity contribution >= 4 is 5.69 Å². The molecule has 0 unspecified atom stereocenters. The number of phenolic OH excluding ortho intramolecular Hbond substituents is 1. The second kappa shape index (κ2) is 5.12. The first-order valence-electron chi connectivity index (χ1n) is 5.49. The minimum atomic E-state index is -1.33. The van der Waals surface area contributed by atoms with Crippen LogP contribution in [0.5, 0.6) is 17.2 Å². The van der Waals surface area contributed by atoms with Crippen LogP contribution in [0.15, 0.2) is 30.3 Å². The summed E-state index contributed by atoms with van der Waals surface area (Å²) >= 11 is 0. The van der Waals surface area contributed by atoms with E-state index in [9.17, 15) is 24.0 Å². The SMILES string of the molecule is Cc1cc(O)cc(Oc2cc(F)cc(F)c2[N+](=O)[O-])c1. The van der Waals surface area contributed by atoms with Crippen molar-refractivity contribution < 1.29 is 23.5 Å². The fraction of sp³-hybridized carbons (Fsp3) is 0.0769. The van der Waals surface area contributed by atoms with E-state index < -0.39 is 28.0 Å². The Morgan fingerprint density at radius 1 is 1.20 bits per heavy atom. The van der Waals surface area contributed by atoms with Gasteiger partial charge >= 0.3 is 5.69 Å². The van der Waals surface area contributed by atoms with Gasteiger partial charge in [-0.3, -0.25) is 10.1 Å². The number of aromatic hydroxyl groups is 1. The van der Waals surface area contributed by atoms with E-state index in [1.807, 2.05) is 0 Å². The predicted molar refractivity (Wildman–Crippen MR) is 65.9 cm³/mol. The topological polar surface area (TPSA) is 72.6 Å². The van der Waals surface area contributed by atoms with Crippen molar-refractivity contribution in [2.45, 2.75) is 6.92 Å². The van der Waals surface area contributed by atoms with Crippen LogP contribution in [0.3, 0.4) is 0 Å². The van der Waals surface area contributed by atoms with Crippen LogP contribution < -0.4 is 4.74 Å². The van der Waals surface area contributed by atoms with Gasteiger partial charge in [-0.15, -0.1) is 0 Å². The number of hydrogen-bond acceptors (Lipinski definition) is 4. The first-order chi connectivity index (χ1) is 9.36. The third kappa shape index (κ3) is 2.82. The summed E-state index contributed by atoms with van der Waals surface area (Å²) < 4.78 is 31.7. The predicted octanol–water partition coefficient (Wildman–Crippen LogP) is 3.68. The Morgan fingerprint density at radius 3 is 2.50 bits per heavy atom. The molecule has 0 aromatic heterocycles. The summed E-state index contributed by atoms with van der Waals surface area (Å²) in [5, 5.41) is 20.2. The van der Waals surface area contributed by atoms with E-state index in [-0.39, 0.29) is 11.5 Å². The molecule has 0 heterocycles. The third-order valence-corrected chi connectivity index (χ3v) is 2.44. The quantitative estimate of drug-likeness (QED) is 0.688. The van der Waals surface area contributed by atoms with Crippen LogP contribution in [0, 0.1) is 28.7 Å². The summed E-state index contributed by atoms with van der Waals surface area (Å²) in [6.45, 7) is 1.66. The van der Waals surface area contributed by atoms with Crippen molar-refractivity contribution in [1.29, 1.82) is 0 Å². The number of nitrogens with zero attached hydrogens (tertiary/aromatic N) is 1. The molecule has 2 aromatic rings. The molecule has 0 saturated heterocycles. The van der Waals surface area contributed by atoms with E-state index >= 15 is 0 Å². The van der Waals surface area contributed by atoms with Crippen LogP contribution in [0.25, 0.3) is 0 Å². The molecule has 0 atom stereocenters. The molecule has 0 aliphatic heterocycles. The lowest BCUT2D eigenvalue weighted by molar-refractivity contribution is -0.388. The van der Waals surface area contributed by atoms with Gasteiger partial charge in [0.25, 0.3) is 0 Å². The summed E-state index contributed by atoms with van der Waals surface area (Å²) in [6, 6.07) is 5.19. The van der Waals surface area contributed by atoms with Crippen molar-refractivity contribution in [2.75, 3.05) is 0 Å². The first kappa shape index (κ1) is 13.7. The molecule has 7 heteroatoms. The van der Waals surface area contributed by atoms with E-state index in [0.29, 0.717) is 17.7 Å². The Kier molecular flexibility index (Phi) is 3.51. The zero-order chi connectivity index (χ0) is 14.9.